The van der Waals surface area contributed by atoms with Crippen molar-refractivity contribution in [3.05, 3.63) is 71.3 Å². The molecule has 1 amide bonds. The fourth-order valence-electron chi connectivity index (χ4n) is 2.04. The summed E-state index contributed by atoms with van der Waals surface area (Å²) in [5.74, 6) is -0.0872. The largest absolute Gasteiger partial charge is 0.378 e. The third kappa shape index (κ3) is 4.77. The molecule has 0 aromatic heterocycles. The molecule has 0 fully saturated rings. The first-order valence-electron chi connectivity index (χ1n) is 7.33. The van der Waals surface area contributed by atoms with Gasteiger partial charge in [0.1, 0.15) is 0 Å². The minimum atomic E-state index is -0.0872. The lowest BCUT2D eigenvalue weighted by atomic mass is 10.1. The van der Waals surface area contributed by atoms with E-state index >= 15 is 0 Å². The smallest absolute Gasteiger partial charge is 0.244 e. The van der Waals surface area contributed by atoms with Gasteiger partial charge in [0, 0.05) is 32.4 Å². The Bertz CT molecular complexity index is 657. The average Bonchev–Trinajstić information content (AvgIpc) is 2.52. The van der Waals surface area contributed by atoms with Gasteiger partial charge in [-0.3, -0.25) is 4.79 Å². The van der Waals surface area contributed by atoms with Gasteiger partial charge in [0.05, 0.1) is 0 Å². The van der Waals surface area contributed by atoms with E-state index in [1.54, 1.807) is 6.08 Å². The number of nitrogens with one attached hydrogen (secondary N) is 1. The summed E-state index contributed by atoms with van der Waals surface area (Å²) in [6.45, 7) is 2.57. The van der Waals surface area contributed by atoms with Crippen LogP contribution in [-0.2, 0) is 11.3 Å². The molecule has 0 saturated heterocycles. The molecular formula is C19H22N2O. The van der Waals surface area contributed by atoms with Crippen LogP contribution in [0.15, 0.2) is 54.6 Å². The van der Waals surface area contributed by atoms with Crippen LogP contribution >= 0.6 is 0 Å². The molecule has 3 nitrogen and oxygen atoms in total. The molecule has 0 spiro atoms. The van der Waals surface area contributed by atoms with E-state index in [1.807, 2.05) is 74.5 Å². The summed E-state index contributed by atoms with van der Waals surface area (Å²) in [7, 11) is 4.00. The lowest BCUT2D eigenvalue weighted by Crippen LogP contribution is -2.20. The molecule has 0 saturated carbocycles. The summed E-state index contributed by atoms with van der Waals surface area (Å²) in [5.41, 5.74) is 4.45. The van der Waals surface area contributed by atoms with E-state index in [0.717, 1.165) is 16.8 Å². The first kappa shape index (κ1) is 15.8. The maximum Gasteiger partial charge on any atom is 0.244 e. The summed E-state index contributed by atoms with van der Waals surface area (Å²) in [4.78, 5) is 13.9. The number of benzene rings is 2. The number of aryl methyl sites for hydroxylation is 1. The van der Waals surface area contributed by atoms with E-state index in [0.29, 0.717) is 6.54 Å². The number of anilines is 1. The zero-order valence-electron chi connectivity index (χ0n) is 13.3. The third-order valence-corrected chi connectivity index (χ3v) is 3.40. The molecule has 3 heteroatoms. The number of carbonyl (C=O) groups excluding carboxylic acids is 1. The van der Waals surface area contributed by atoms with Crippen LogP contribution in [0.4, 0.5) is 5.69 Å². The lowest BCUT2D eigenvalue weighted by molar-refractivity contribution is -0.116. The van der Waals surface area contributed by atoms with Crippen LogP contribution < -0.4 is 10.2 Å². The molecule has 0 bridgehead atoms. The molecule has 0 radical (unpaired) electrons. The van der Waals surface area contributed by atoms with Gasteiger partial charge in [0.25, 0.3) is 0 Å². The predicted octanol–water partition coefficient (Wildman–Crippen LogP) is 3.39. The van der Waals surface area contributed by atoms with Crippen molar-refractivity contribution < 1.29 is 4.79 Å². The van der Waals surface area contributed by atoms with Crippen molar-refractivity contribution in [3.63, 3.8) is 0 Å². The Labute approximate surface area is 132 Å². The fourth-order valence-corrected chi connectivity index (χ4v) is 2.04. The Morgan fingerprint density at radius 3 is 2.55 bits per heavy atom. The molecule has 0 heterocycles. The molecule has 0 aliphatic carbocycles. The number of amides is 1. The average molecular weight is 294 g/mol. The molecular weight excluding hydrogens is 272 g/mol. The predicted molar refractivity (Wildman–Crippen MR) is 92.8 cm³/mol. The van der Waals surface area contributed by atoms with Crippen molar-refractivity contribution in [2.45, 2.75) is 13.5 Å². The second-order valence-corrected chi connectivity index (χ2v) is 5.53. The fraction of sp³-hybridized carbons (Fsp3) is 0.211. The first-order valence-corrected chi connectivity index (χ1v) is 7.33. The van der Waals surface area contributed by atoms with Crippen molar-refractivity contribution in [2.75, 3.05) is 19.0 Å². The molecule has 2 rings (SSSR count). The van der Waals surface area contributed by atoms with Crippen molar-refractivity contribution >= 4 is 17.7 Å². The minimum Gasteiger partial charge on any atom is -0.378 e. The molecule has 22 heavy (non-hydrogen) atoms. The highest BCUT2D eigenvalue weighted by atomic mass is 16.1. The van der Waals surface area contributed by atoms with Gasteiger partial charge in [-0.25, -0.2) is 0 Å². The van der Waals surface area contributed by atoms with Gasteiger partial charge >= 0.3 is 0 Å². The highest BCUT2D eigenvalue weighted by Gasteiger charge is 2.00. The van der Waals surface area contributed by atoms with Crippen molar-refractivity contribution in [2.24, 2.45) is 0 Å². The van der Waals surface area contributed by atoms with E-state index in [1.165, 1.54) is 5.56 Å². The Kier molecular flexibility index (Phi) is 5.37. The summed E-state index contributed by atoms with van der Waals surface area (Å²) >= 11 is 0. The summed E-state index contributed by atoms with van der Waals surface area (Å²) in [5, 5.41) is 2.90. The monoisotopic (exact) mass is 294 g/mol. The van der Waals surface area contributed by atoms with E-state index in [-0.39, 0.29) is 5.91 Å². The van der Waals surface area contributed by atoms with E-state index in [2.05, 4.69) is 11.4 Å². The summed E-state index contributed by atoms with van der Waals surface area (Å²) in [6.07, 6.45) is 3.39. The highest BCUT2D eigenvalue weighted by molar-refractivity contribution is 5.91. The standard InChI is InChI=1S/C19H22N2O/c1-15-7-9-16(10-8-15)11-12-19(22)20-14-17-5-4-6-18(13-17)21(2)3/h4-13H,14H2,1-3H3,(H,20,22)/b12-11+. The number of nitrogens with zero attached hydrogens (tertiary/aromatic N) is 1. The summed E-state index contributed by atoms with van der Waals surface area (Å²) in [6, 6.07) is 16.2. The maximum atomic E-state index is 11.9. The molecule has 0 atom stereocenters. The van der Waals surface area contributed by atoms with E-state index < -0.39 is 0 Å². The van der Waals surface area contributed by atoms with Gasteiger partial charge in [-0.1, -0.05) is 42.0 Å². The van der Waals surface area contributed by atoms with Crippen LogP contribution in [0.2, 0.25) is 0 Å². The number of carbonyl (C=O) groups is 1. The van der Waals surface area contributed by atoms with Gasteiger partial charge < -0.3 is 10.2 Å². The van der Waals surface area contributed by atoms with Crippen LogP contribution in [0.5, 0.6) is 0 Å². The van der Waals surface area contributed by atoms with E-state index in [4.69, 9.17) is 0 Å². The molecule has 1 N–H and O–H groups in total. The second kappa shape index (κ2) is 7.46. The van der Waals surface area contributed by atoms with Gasteiger partial charge in [-0.2, -0.15) is 0 Å². The Morgan fingerprint density at radius 2 is 1.86 bits per heavy atom. The molecule has 114 valence electrons. The minimum absolute atomic E-state index is 0.0872. The zero-order chi connectivity index (χ0) is 15.9. The second-order valence-electron chi connectivity index (χ2n) is 5.53. The third-order valence-electron chi connectivity index (χ3n) is 3.40. The van der Waals surface area contributed by atoms with Gasteiger partial charge in [-0.15, -0.1) is 0 Å². The molecule has 0 unspecified atom stereocenters. The number of hydrogen-bond donors (Lipinski definition) is 1. The topological polar surface area (TPSA) is 32.3 Å². The SMILES string of the molecule is Cc1ccc(/C=C/C(=O)NCc2cccc(N(C)C)c2)cc1. The number of rotatable bonds is 5. The maximum absolute atomic E-state index is 11.9. The van der Waals surface area contributed by atoms with Crippen molar-refractivity contribution in [3.8, 4) is 0 Å². The van der Waals surface area contributed by atoms with Crippen molar-refractivity contribution in [1.82, 2.24) is 5.32 Å². The van der Waals surface area contributed by atoms with Crippen LogP contribution in [0, 0.1) is 6.92 Å². The Balaban J connectivity index is 1.90. The van der Waals surface area contributed by atoms with Crippen LogP contribution in [-0.4, -0.2) is 20.0 Å². The first-order chi connectivity index (χ1) is 10.5. The van der Waals surface area contributed by atoms with Crippen LogP contribution in [0.25, 0.3) is 6.08 Å². The van der Waals surface area contributed by atoms with Gasteiger partial charge in [0.15, 0.2) is 0 Å². The molecule has 2 aromatic rings. The zero-order valence-corrected chi connectivity index (χ0v) is 13.3. The molecule has 2 aromatic carbocycles. The van der Waals surface area contributed by atoms with Crippen LogP contribution in [0.1, 0.15) is 16.7 Å². The van der Waals surface area contributed by atoms with Crippen molar-refractivity contribution in [1.29, 1.82) is 0 Å². The summed E-state index contributed by atoms with van der Waals surface area (Å²) < 4.78 is 0. The number of hydrogen-bond acceptors (Lipinski definition) is 2. The lowest BCUT2D eigenvalue weighted by Gasteiger charge is -2.13. The van der Waals surface area contributed by atoms with Gasteiger partial charge in [0.2, 0.25) is 5.91 Å². The van der Waals surface area contributed by atoms with E-state index in [9.17, 15) is 4.79 Å². The molecule has 0 aliphatic heterocycles. The molecule has 0 aliphatic rings. The Morgan fingerprint density at radius 1 is 1.14 bits per heavy atom. The van der Waals surface area contributed by atoms with Gasteiger partial charge in [-0.05, 0) is 36.3 Å². The normalized spacial score (nSPS) is 10.7. The van der Waals surface area contributed by atoms with Crippen LogP contribution in [0.3, 0.4) is 0 Å². The highest BCUT2D eigenvalue weighted by Crippen LogP contribution is 2.13. The Hall–Kier alpha value is -2.55. The quantitative estimate of drug-likeness (QED) is 0.857.